The van der Waals surface area contributed by atoms with Gasteiger partial charge in [-0.15, -0.1) is 0 Å². The van der Waals surface area contributed by atoms with Gasteiger partial charge >= 0.3 is 6.18 Å². The lowest BCUT2D eigenvalue weighted by Crippen LogP contribution is -2.28. The van der Waals surface area contributed by atoms with Gasteiger partial charge in [-0.3, -0.25) is 0 Å². The Morgan fingerprint density at radius 1 is 1.38 bits per heavy atom. The molecule has 0 aliphatic carbocycles. The zero-order valence-electron chi connectivity index (χ0n) is 6.17. The minimum absolute atomic E-state index is 0.0403. The zero-order valence-corrected chi connectivity index (χ0v) is 6.17. The number of hydrogen-bond acceptors (Lipinski definition) is 2. The molecule has 0 fully saturated rings. The van der Waals surface area contributed by atoms with Crippen molar-refractivity contribution in [3.8, 4) is 6.07 Å². The average Bonchev–Trinajstić information content (AvgIpc) is 2.01. The highest BCUT2D eigenvalue weighted by Crippen LogP contribution is 2.28. The summed E-state index contributed by atoms with van der Waals surface area (Å²) in [4.78, 5) is 0. The maximum absolute atomic E-state index is 12.0. The second-order valence-electron chi connectivity index (χ2n) is 2.28. The summed E-state index contributed by atoms with van der Waals surface area (Å²) in [5, 5.41) is 18.9. The number of aromatic nitrogens is 1. The number of nitriles is 1. The Labute approximate surface area is 71.2 Å². The van der Waals surface area contributed by atoms with Crippen molar-refractivity contribution in [3.63, 3.8) is 0 Å². The van der Waals surface area contributed by atoms with Crippen LogP contribution in [-0.4, -0.2) is 0 Å². The van der Waals surface area contributed by atoms with Crippen LogP contribution >= 0.6 is 0 Å². The molecule has 1 aromatic rings. The Bertz CT molecular complexity index is 367. The Morgan fingerprint density at radius 2 is 2.00 bits per heavy atom. The van der Waals surface area contributed by atoms with E-state index in [4.69, 9.17) is 5.26 Å². The van der Waals surface area contributed by atoms with Crippen molar-refractivity contribution in [1.29, 1.82) is 5.26 Å². The normalized spacial score (nSPS) is 10.9. The standard InChI is InChI=1S/C7H3F3N2O/c8-7(9,10)6-1-5(2-11)3-12(13)4-6/h1,3-4H. The predicted molar refractivity (Wildman–Crippen MR) is 35.1 cm³/mol. The van der Waals surface area contributed by atoms with Crippen LogP contribution in [0.15, 0.2) is 18.5 Å². The second-order valence-corrected chi connectivity index (χ2v) is 2.28. The van der Waals surface area contributed by atoms with E-state index in [0.717, 1.165) is 6.20 Å². The molecule has 0 bridgehead atoms. The quantitative estimate of drug-likeness (QED) is 0.453. The lowest BCUT2D eigenvalue weighted by molar-refractivity contribution is -0.606. The van der Waals surface area contributed by atoms with Crippen LogP contribution in [0.4, 0.5) is 13.2 Å². The number of hydrogen-bond donors (Lipinski definition) is 0. The molecule has 0 saturated carbocycles. The van der Waals surface area contributed by atoms with E-state index in [9.17, 15) is 18.4 Å². The molecule has 0 N–H and O–H groups in total. The van der Waals surface area contributed by atoms with Gasteiger partial charge in [0.1, 0.15) is 17.2 Å². The van der Waals surface area contributed by atoms with Crippen molar-refractivity contribution in [2.75, 3.05) is 0 Å². The van der Waals surface area contributed by atoms with E-state index < -0.39 is 11.7 Å². The molecule has 6 heteroatoms. The topological polar surface area (TPSA) is 50.7 Å². The molecule has 1 heterocycles. The summed E-state index contributed by atoms with van der Waals surface area (Å²) in [7, 11) is 0. The summed E-state index contributed by atoms with van der Waals surface area (Å²) in [5.41, 5.74) is -1.44. The van der Waals surface area contributed by atoms with Crippen molar-refractivity contribution < 1.29 is 17.9 Å². The van der Waals surface area contributed by atoms with Gasteiger partial charge in [-0.2, -0.15) is 23.2 Å². The van der Waals surface area contributed by atoms with E-state index >= 15 is 0 Å². The third-order valence-electron chi connectivity index (χ3n) is 1.30. The van der Waals surface area contributed by atoms with Gasteiger partial charge in [0, 0.05) is 0 Å². The Kier molecular flexibility index (Phi) is 2.10. The molecule has 0 atom stereocenters. The molecule has 0 aliphatic heterocycles. The van der Waals surface area contributed by atoms with Crippen LogP contribution in [0.25, 0.3) is 0 Å². The molecule has 0 amide bonds. The molecule has 13 heavy (non-hydrogen) atoms. The van der Waals surface area contributed by atoms with Crippen LogP contribution in [-0.2, 0) is 6.18 Å². The molecule has 3 nitrogen and oxygen atoms in total. The average molecular weight is 188 g/mol. The maximum atomic E-state index is 12.0. The van der Waals surface area contributed by atoms with Gasteiger partial charge in [-0.05, 0) is 6.07 Å². The largest absolute Gasteiger partial charge is 0.619 e. The molecule has 0 spiro atoms. The summed E-state index contributed by atoms with van der Waals surface area (Å²) >= 11 is 0. The van der Waals surface area contributed by atoms with Crippen LogP contribution in [0.1, 0.15) is 11.1 Å². The van der Waals surface area contributed by atoms with E-state index in [1.54, 1.807) is 0 Å². The van der Waals surface area contributed by atoms with E-state index in [2.05, 4.69) is 0 Å². The zero-order chi connectivity index (χ0) is 10.1. The van der Waals surface area contributed by atoms with E-state index in [1.165, 1.54) is 6.07 Å². The van der Waals surface area contributed by atoms with E-state index in [0.29, 0.717) is 12.3 Å². The fourth-order valence-electron chi connectivity index (χ4n) is 0.770. The summed E-state index contributed by atoms with van der Waals surface area (Å²) < 4.78 is 36.0. The van der Waals surface area contributed by atoms with Gasteiger partial charge in [0.25, 0.3) is 0 Å². The maximum Gasteiger partial charge on any atom is 0.422 e. The SMILES string of the molecule is N#Cc1cc(C(F)(F)F)c[n+]([O-])c1. The van der Waals surface area contributed by atoms with Gasteiger partial charge < -0.3 is 5.21 Å². The lowest BCUT2D eigenvalue weighted by atomic mass is 10.2. The highest BCUT2D eigenvalue weighted by molar-refractivity contribution is 5.28. The van der Waals surface area contributed by atoms with Crippen molar-refractivity contribution >= 4 is 0 Å². The van der Waals surface area contributed by atoms with Gasteiger partial charge in [0.15, 0.2) is 12.4 Å². The molecule has 0 aromatic carbocycles. The molecule has 0 aliphatic rings. The van der Waals surface area contributed by atoms with Crippen molar-refractivity contribution in [2.24, 2.45) is 0 Å². The molecule has 68 valence electrons. The summed E-state index contributed by atoms with van der Waals surface area (Å²) in [6.07, 6.45) is -3.45. The third-order valence-corrected chi connectivity index (χ3v) is 1.30. The third kappa shape index (κ3) is 2.08. The van der Waals surface area contributed by atoms with Crippen LogP contribution in [0.5, 0.6) is 0 Å². The second kappa shape index (κ2) is 2.94. The molecule has 0 saturated heterocycles. The van der Waals surface area contributed by atoms with Crippen molar-refractivity contribution in [1.82, 2.24) is 0 Å². The molecule has 0 unspecified atom stereocenters. The van der Waals surface area contributed by atoms with Gasteiger partial charge in [0.05, 0.1) is 0 Å². The fraction of sp³-hybridized carbons (Fsp3) is 0.143. The smallest absolute Gasteiger partial charge is 0.422 e. The number of pyridine rings is 1. The van der Waals surface area contributed by atoms with Gasteiger partial charge in [-0.1, -0.05) is 0 Å². The first-order valence-electron chi connectivity index (χ1n) is 3.14. The minimum Gasteiger partial charge on any atom is -0.619 e. The minimum atomic E-state index is -4.60. The molecule has 1 aromatic heterocycles. The fourth-order valence-corrected chi connectivity index (χ4v) is 0.770. The van der Waals surface area contributed by atoms with E-state index in [-0.39, 0.29) is 10.3 Å². The Hall–Kier alpha value is -1.77. The Morgan fingerprint density at radius 3 is 2.46 bits per heavy atom. The highest BCUT2D eigenvalue weighted by Gasteiger charge is 2.33. The number of alkyl halides is 3. The molecule has 1 rings (SSSR count). The predicted octanol–water partition coefficient (Wildman–Crippen LogP) is 1.21. The summed E-state index contributed by atoms with van der Waals surface area (Å²) in [6.45, 7) is 0. The lowest BCUT2D eigenvalue weighted by Gasteiger charge is -2.05. The summed E-state index contributed by atoms with van der Waals surface area (Å²) in [5.74, 6) is 0. The monoisotopic (exact) mass is 188 g/mol. The first-order chi connectivity index (χ1) is 5.93. The number of nitrogens with zero attached hydrogens (tertiary/aromatic N) is 2. The summed E-state index contributed by atoms with van der Waals surface area (Å²) in [6, 6.07) is 2.08. The molecular formula is C7H3F3N2O. The molecule has 0 radical (unpaired) electrons. The van der Waals surface area contributed by atoms with Gasteiger partial charge in [-0.25, -0.2) is 0 Å². The van der Waals surface area contributed by atoms with Crippen molar-refractivity contribution in [2.45, 2.75) is 6.18 Å². The highest BCUT2D eigenvalue weighted by atomic mass is 19.4. The van der Waals surface area contributed by atoms with Crippen LogP contribution in [0.2, 0.25) is 0 Å². The van der Waals surface area contributed by atoms with E-state index in [1.807, 2.05) is 0 Å². The van der Waals surface area contributed by atoms with Crippen LogP contribution in [0, 0.1) is 16.5 Å². The van der Waals surface area contributed by atoms with Gasteiger partial charge in [0.2, 0.25) is 0 Å². The van der Waals surface area contributed by atoms with Crippen molar-refractivity contribution in [3.05, 3.63) is 34.8 Å². The first kappa shape index (κ1) is 9.32. The molecular weight excluding hydrogens is 185 g/mol. The number of halogens is 3. The van der Waals surface area contributed by atoms with Crippen LogP contribution < -0.4 is 4.73 Å². The first-order valence-corrected chi connectivity index (χ1v) is 3.14. The Balaban J connectivity index is 3.26. The number of rotatable bonds is 0. The van der Waals surface area contributed by atoms with Crippen LogP contribution in [0.3, 0.4) is 0 Å².